The Hall–Kier alpha value is -3.01. The first kappa shape index (κ1) is 19.3. The normalized spacial score (nSPS) is 17.9. The molecule has 0 spiro atoms. The second-order valence-corrected chi connectivity index (χ2v) is 7.75. The maximum absolute atomic E-state index is 12.5. The summed E-state index contributed by atoms with van der Waals surface area (Å²) in [7, 11) is 1.72. The number of carbonyl (C=O) groups excluding carboxylic acids is 3. The van der Waals surface area contributed by atoms with Crippen LogP contribution in [0.2, 0.25) is 0 Å². The second kappa shape index (κ2) is 7.78. The summed E-state index contributed by atoms with van der Waals surface area (Å²) in [5.41, 5.74) is 5.84. The van der Waals surface area contributed by atoms with Gasteiger partial charge in [-0.3, -0.25) is 25.2 Å². The second-order valence-electron chi connectivity index (χ2n) is 6.83. The highest BCUT2D eigenvalue weighted by Crippen LogP contribution is 2.35. The largest absolute Gasteiger partial charge is 0.486 e. The third-order valence-corrected chi connectivity index (χ3v) is 5.27. The van der Waals surface area contributed by atoms with E-state index in [2.05, 4.69) is 26.8 Å². The van der Waals surface area contributed by atoms with Gasteiger partial charge in [0.15, 0.2) is 11.5 Å². The van der Waals surface area contributed by atoms with Crippen LogP contribution in [0.15, 0.2) is 34.9 Å². The first-order valence-corrected chi connectivity index (χ1v) is 9.84. The van der Waals surface area contributed by atoms with Gasteiger partial charge in [-0.05, 0) is 34.1 Å². The van der Waals surface area contributed by atoms with Crippen LogP contribution in [0.4, 0.5) is 5.69 Å². The van der Waals surface area contributed by atoms with Gasteiger partial charge in [0.05, 0.1) is 5.92 Å². The monoisotopic (exact) mass is 462 g/mol. The number of anilines is 1. The number of hydrogen-bond donors (Lipinski definition) is 2. The van der Waals surface area contributed by atoms with Gasteiger partial charge in [0.25, 0.3) is 5.91 Å². The molecular weight excluding hydrogens is 444 g/mol. The van der Waals surface area contributed by atoms with Gasteiger partial charge in [-0.25, -0.2) is 0 Å². The quantitative estimate of drug-likeness (QED) is 0.670. The van der Waals surface area contributed by atoms with E-state index in [1.807, 2.05) is 0 Å². The van der Waals surface area contributed by atoms with E-state index in [4.69, 9.17) is 9.47 Å². The fraction of sp³-hybridized carbons (Fsp3) is 0.316. The van der Waals surface area contributed by atoms with Crippen molar-refractivity contribution in [2.75, 3.05) is 24.7 Å². The number of nitrogens with zero attached hydrogens (tertiary/aromatic N) is 2. The Morgan fingerprint density at radius 3 is 2.62 bits per heavy atom. The average molecular weight is 463 g/mol. The summed E-state index contributed by atoms with van der Waals surface area (Å²) < 4.78 is 13.4. The van der Waals surface area contributed by atoms with E-state index in [1.54, 1.807) is 47.0 Å². The summed E-state index contributed by atoms with van der Waals surface area (Å²) >= 11 is 3.30. The van der Waals surface area contributed by atoms with Crippen LogP contribution in [0.5, 0.6) is 11.5 Å². The summed E-state index contributed by atoms with van der Waals surface area (Å²) in [5.74, 6) is -0.387. The van der Waals surface area contributed by atoms with Crippen molar-refractivity contribution in [1.29, 1.82) is 0 Å². The van der Waals surface area contributed by atoms with Crippen molar-refractivity contribution in [3.63, 3.8) is 0 Å². The van der Waals surface area contributed by atoms with Crippen LogP contribution in [-0.4, -0.2) is 42.0 Å². The van der Waals surface area contributed by atoms with Crippen molar-refractivity contribution < 1.29 is 23.9 Å². The summed E-state index contributed by atoms with van der Waals surface area (Å²) in [4.78, 5) is 38.7. The maximum Gasteiger partial charge on any atom is 0.286 e. The molecule has 152 valence electrons. The van der Waals surface area contributed by atoms with E-state index in [1.165, 1.54) is 0 Å². The van der Waals surface area contributed by atoms with Crippen molar-refractivity contribution in [3.8, 4) is 11.5 Å². The van der Waals surface area contributed by atoms with E-state index in [0.717, 1.165) is 4.47 Å². The van der Waals surface area contributed by atoms with Gasteiger partial charge in [-0.2, -0.15) is 0 Å². The summed E-state index contributed by atoms with van der Waals surface area (Å²) in [6, 6.07) is 6.90. The van der Waals surface area contributed by atoms with Crippen LogP contribution in [0.3, 0.4) is 0 Å². The Labute approximate surface area is 175 Å². The summed E-state index contributed by atoms with van der Waals surface area (Å²) in [6.45, 7) is 1.16. The Morgan fingerprint density at radius 2 is 1.90 bits per heavy atom. The van der Waals surface area contributed by atoms with Crippen molar-refractivity contribution in [2.45, 2.75) is 6.42 Å². The number of hydrazine groups is 1. The third-order valence-electron chi connectivity index (χ3n) is 4.84. The van der Waals surface area contributed by atoms with E-state index < -0.39 is 17.7 Å². The van der Waals surface area contributed by atoms with Crippen LogP contribution < -0.4 is 25.2 Å². The predicted octanol–water partition coefficient (Wildman–Crippen LogP) is 1.37. The summed E-state index contributed by atoms with van der Waals surface area (Å²) in [6.07, 6.45) is 1.80. The molecule has 0 saturated carbocycles. The zero-order valence-corrected chi connectivity index (χ0v) is 17.2. The van der Waals surface area contributed by atoms with E-state index in [9.17, 15) is 14.4 Å². The van der Waals surface area contributed by atoms with E-state index >= 15 is 0 Å². The van der Waals surface area contributed by atoms with Crippen molar-refractivity contribution in [2.24, 2.45) is 13.0 Å². The fourth-order valence-corrected chi connectivity index (χ4v) is 3.89. The lowest BCUT2D eigenvalue weighted by Gasteiger charge is -2.22. The Bertz CT molecular complexity index is 989. The molecule has 2 N–H and O–H groups in total. The molecule has 1 aromatic heterocycles. The molecule has 4 rings (SSSR count). The van der Waals surface area contributed by atoms with Gasteiger partial charge < -0.3 is 18.9 Å². The minimum Gasteiger partial charge on any atom is -0.486 e. The number of nitrogens with one attached hydrogen (secondary N) is 2. The number of fused-ring (bicyclic) bond motifs is 1. The zero-order valence-electron chi connectivity index (χ0n) is 15.6. The highest BCUT2D eigenvalue weighted by atomic mass is 79.9. The van der Waals surface area contributed by atoms with Crippen molar-refractivity contribution in [1.82, 2.24) is 15.4 Å². The molecule has 1 aromatic carbocycles. The molecule has 3 amide bonds. The van der Waals surface area contributed by atoms with Crippen LogP contribution >= 0.6 is 15.9 Å². The molecule has 10 heteroatoms. The number of amides is 3. The molecule has 0 aliphatic carbocycles. The SMILES string of the molecule is Cn1cc(Br)cc1C(=O)NNC(=O)C1CC(=O)N(c2ccc3c(c2)OCCO3)C1. The molecule has 0 radical (unpaired) electrons. The lowest BCUT2D eigenvalue weighted by atomic mass is 10.1. The number of aryl methyl sites for hydroxylation is 1. The standard InChI is InChI=1S/C19H19BrN4O5/c1-23-10-12(20)7-14(23)19(27)22-21-18(26)11-6-17(25)24(9-11)13-2-3-15-16(8-13)29-5-4-28-15/h2-3,7-8,10-11H,4-6,9H2,1H3,(H,21,26)(H,22,27). The van der Waals surface area contributed by atoms with Gasteiger partial charge >= 0.3 is 0 Å². The zero-order chi connectivity index (χ0) is 20.5. The topological polar surface area (TPSA) is 102 Å². The van der Waals surface area contributed by atoms with E-state index in [-0.39, 0.29) is 18.9 Å². The first-order valence-electron chi connectivity index (χ1n) is 9.04. The molecule has 1 fully saturated rings. The minimum absolute atomic E-state index is 0.0614. The number of benzene rings is 1. The fourth-order valence-electron chi connectivity index (χ4n) is 3.37. The van der Waals surface area contributed by atoms with Gasteiger partial charge in [0.1, 0.15) is 18.9 Å². The van der Waals surface area contributed by atoms with Gasteiger partial charge in [-0.1, -0.05) is 0 Å². The number of rotatable bonds is 3. The third kappa shape index (κ3) is 3.93. The van der Waals surface area contributed by atoms with Gasteiger partial charge in [0, 0.05) is 42.4 Å². The molecular formula is C19H19BrN4O5. The highest BCUT2D eigenvalue weighted by molar-refractivity contribution is 9.10. The number of halogens is 1. The highest BCUT2D eigenvalue weighted by Gasteiger charge is 2.36. The molecule has 2 aliphatic heterocycles. The Kier molecular flexibility index (Phi) is 5.18. The lowest BCUT2D eigenvalue weighted by molar-refractivity contribution is -0.126. The molecule has 1 unspecified atom stereocenters. The average Bonchev–Trinajstić information content (AvgIpc) is 3.27. The molecule has 2 aromatic rings. The van der Waals surface area contributed by atoms with Gasteiger partial charge in [-0.15, -0.1) is 0 Å². The number of carbonyl (C=O) groups is 3. The summed E-state index contributed by atoms with van der Waals surface area (Å²) in [5, 5.41) is 0. The number of ether oxygens (including phenoxy) is 2. The molecule has 0 bridgehead atoms. The van der Waals surface area contributed by atoms with E-state index in [0.29, 0.717) is 36.1 Å². The maximum atomic E-state index is 12.5. The van der Waals surface area contributed by atoms with Crippen LogP contribution in [0.25, 0.3) is 0 Å². The van der Waals surface area contributed by atoms with Crippen molar-refractivity contribution in [3.05, 3.63) is 40.6 Å². The molecule has 1 saturated heterocycles. The Morgan fingerprint density at radius 1 is 1.14 bits per heavy atom. The molecule has 9 nitrogen and oxygen atoms in total. The Balaban J connectivity index is 1.38. The molecule has 3 heterocycles. The molecule has 2 aliphatic rings. The lowest BCUT2D eigenvalue weighted by Crippen LogP contribution is -2.45. The number of hydrogen-bond acceptors (Lipinski definition) is 5. The number of aromatic nitrogens is 1. The van der Waals surface area contributed by atoms with Crippen LogP contribution in [0, 0.1) is 5.92 Å². The first-order chi connectivity index (χ1) is 13.9. The molecule has 1 atom stereocenters. The minimum atomic E-state index is -0.573. The molecule has 29 heavy (non-hydrogen) atoms. The van der Waals surface area contributed by atoms with Crippen LogP contribution in [0.1, 0.15) is 16.9 Å². The van der Waals surface area contributed by atoms with Crippen molar-refractivity contribution >= 4 is 39.3 Å². The predicted molar refractivity (Wildman–Crippen MR) is 107 cm³/mol. The van der Waals surface area contributed by atoms with Gasteiger partial charge in [0.2, 0.25) is 11.8 Å². The van der Waals surface area contributed by atoms with Crippen LogP contribution in [-0.2, 0) is 16.6 Å². The smallest absolute Gasteiger partial charge is 0.286 e.